The highest BCUT2D eigenvalue weighted by Crippen LogP contribution is 2.40. The average molecular weight is 301 g/mol. The smallest absolute Gasteiger partial charge is 0.139 e. The highest BCUT2D eigenvalue weighted by Gasteiger charge is 2.38. The predicted molar refractivity (Wildman–Crippen MR) is 88.3 cm³/mol. The molecule has 1 fully saturated rings. The van der Waals surface area contributed by atoms with Crippen molar-refractivity contribution in [3.8, 4) is 5.75 Å². The number of methoxy groups -OCH3 is 1. The van der Waals surface area contributed by atoms with Gasteiger partial charge in [-0.05, 0) is 48.4 Å². The van der Waals surface area contributed by atoms with Crippen LogP contribution >= 0.6 is 0 Å². The van der Waals surface area contributed by atoms with Crippen LogP contribution in [-0.2, 0) is 11.2 Å². The molecule has 0 saturated carbocycles. The van der Waals surface area contributed by atoms with Crippen LogP contribution < -0.4 is 4.74 Å². The molecule has 3 heteroatoms. The molecule has 0 aromatic heterocycles. The van der Waals surface area contributed by atoms with Crippen molar-refractivity contribution in [2.75, 3.05) is 20.2 Å². The fraction of sp³-hybridized carbons (Fsp3) is 0.632. The van der Waals surface area contributed by atoms with E-state index in [-0.39, 0.29) is 12.0 Å². The van der Waals surface area contributed by atoms with Gasteiger partial charge in [-0.1, -0.05) is 19.9 Å². The van der Waals surface area contributed by atoms with E-state index in [1.807, 2.05) is 0 Å². The SMILES string of the molecule is COc1cc2c(cc1C)CCN1CC(CC(C)C)C(=O)CC21. The van der Waals surface area contributed by atoms with E-state index in [1.165, 1.54) is 16.7 Å². The maximum atomic E-state index is 12.6. The molecule has 0 radical (unpaired) electrons. The first kappa shape index (κ1) is 15.5. The van der Waals surface area contributed by atoms with Crippen molar-refractivity contribution in [3.05, 3.63) is 28.8 Å². The number of ether oxygens (including phenoxy) is 1. The van der Waals surface area contributed by atoms with Gasteiger partial charge < -0.3 is 4.74 Å². The van der Waals surface area contributed by atoms with Crippen LogP contribution in [0.4, 0.5) is 0 Å². The number of nitrogens with zero attached hydrogens (tertiary/aromatic N) is 1. The quantitative estimate of drug-likeness (QED) is 0.855. The standard InChI is InChI=1S/C19H27NO2/c1-12(2)7-15-11-20-6-5-14-8-13(3)19(22-4)9-16(14)17(20)10-18(15)21/h8-9,12,15,17H,5-7,10-11H2,1-4H3. The molecule has 3 rings (SSSR count). The highest BCUT2D eigenvalue weighted by molar-refractivity contribution is 5.83. The van der Waals surface area contributed by atoms with Gasteiger partial charge in [-0.15, -0.1) is 0 Å². The van der Waals surface area contributed by atoms with Gasteiger partial charge in [0.2, 0.25) is 0 Å². The summed E-state index contributed by atoms with van der Waals surface area (Å²) in [5.41, 5.74) is 3.90. The van der Waals surface area contributed by atoms with E-state index in [0.29, 0.717) is 18.1 Å². The van der Waals surface area contributed by atoms with Gasteiger partial charge >= 0.3 is 0 Å². The van der Waals surface area contributed by atoms with Crippen LogP contribution in [0.15, 0.2) is 12.1 Å². The lowest BCUT2D eigenvalue weighted by atomic mass is 9.80. The minimum atomic E-state index is 0.227. The Labute approximate surface area is 133 Å². The molecule has 1 saturated heterocycles. The van der Waals surface area contributed by atoms with Crippen molar-refractivity contribution in [1.82, 2.24) is 4.90 Å². The molecule has 0 amide bonds. The van der Waals surface area contributed by atoms with Gasteiger partial charge in [0.25, 0.3) is 0 Å². The van der Waals surface area contributed by atoms with Crippen molar-refractivity contribution in [2.45, 2.75) is 46.1 Å². The molecule has 1 aromatic rings. The Balaban J connectivity index is 1.88. The number of aryl methyl sites for hydroxylation is 1. The molecule has 120 valence electrons. The second kappa shape index (κ2) is 6.04. The lowest BCUT2D eigenvalue weighted by Crippen LogP contribution is -2.46. The summed E-state index contributed by atoms with van der Waals surface area (Å²) >= 11 is 0. The topological polar surface area (TPSA) is 29.5 Å². The van der Waals surface area contributed by atoms with E-state index < -0.39 is 0 Å². The Kier molecular flexibility index (Phi) is 4.26. The maximum Gasteiger partial charge on any atom is 0.139 e. The lowest BCUT2D eigenvalue weighted by Gasteiger charge is -2.43. The Hall–Kier alpha value is -1.35. The molecule has 0 N–H and O–H groups in total. The largest absolute Gasteiger partial charge is 0.496 e. The minimum absolute atomic E-state index is 0.227. The molecule has 3 nitrogen and oxygen atoms in total. The number of fused-ring (bicyclic) bond motifs is 3. The van der Waals surface area contributed by atoms with Crippen LogP contribution in [-0.4, -0.2) is 30.9 Å². The Morgan fingerprint density at radius 3 is 2.82 bits per heavy atom. The van der Waals surface area contributed by atoms with Gasteiger partial charge in [0.05, 0.1) is 7.11 Å². The molecule has 2 heterocycles. The monoisotopic (exact) mass is 301 g/mol. The third-order valence-electron chi connectivity index (χ3n) is 5.19. The van der Waals surface area contributed by atoms with Gasteiger partial charge in [-0.3, -0.25) is 9.69 Å². The number of rotatable bonds is 3. The number of hydrogen-bond donors (Lipinski definition) is 0. The fourth-order valence-electron chi connectivity index (χ4n) is 4.10. The van der Waals surface area contributed by atoms with Gasteiger partial charge in [-0.25, -0.2) is 0 Å². The zero-order valence-electron chi connectivity index (χ0n) is 14.2. The Bertz CT molecular complexity index is 579. The number of hydrogen-bond acceptors (Lipinski definition) is 3. The first-order chi connectivity index (χ1) is 10.5. The maximum absolute atomic E-state index is 12.6. The molecular formula is C19H27NO2. The van der Waals surface area contributed by atoms with Crippen molar-refractivity contribution in [2.24, 2.45) is 11.8 Å². The number of piperidine rings is 1. The van der Waals surface area contributed by atoms with Crippen LogP contribution in [0.25, 0.3) is 0 Å². The average Bonchev–Trinajstić information content (AvgIpc) is 2.47. The Morgan fingerprint density at radius 2 is 2.14 bits per heavy atom. The van der Waals surface area contributed by atoms with Crippen molar-refractivity contribution in [1.29, 1.82) is 0 Å². The summed E-state index contributed by atoms with van der Waals surface area (Å²) in [7, 11) is 1.72. The van der Waals surface area contributed by atoms with E-state index >= 15 is 0 Å². The van der Waals surface area contributed by atoms with Gasteiger partial charge in [0.15, 0.2) is 0 Å². The van der Waals surface area contributed by atoms with Crippen LogP contribution in [0.5, 0.6) is 5.75 Å². The van der Waals surface area contributed by atoms with E-state index in [0.717, 1.165) is 31.7 Å². The molecule has 0 spiro atoms. The summed E-state index contributed by atoms with van der Waals surface area (Å²) < 4.78 is 5.49. The summed E-state index contributed by atoms with van der Waals surface area (Å²) in [6, 6.07) is 4.67. The number of benzene rings is 1. The summed E-state index contributed by atoms with van der Waals surface area (Å²) in [5.74, 6) is 2.20. The molecule has 1 aromatic carbocycles. The summed E-state index contributed by atoms with van der Waals surface area (Å²) in [5, 5.41) is 0. The first-order valence-electron chi connectivity index (χ1n) is 8.43. The minimum Gasteiger partial charge on any atom is -0.496 e. The lowest BCUT2D eigenvalue weighted by molar-refractivity contribution is -0.129. The normalized spacial score (nSPS) is 25.0. The second-order valence-corrected chi connectivity index (χ2v) is 7.28. The zero-order valence-corrected chi connectivity index (χ0v) is 14.2. The van der Waals surface area contributed by atoms with Crippen molar-refractivity contribution < 1.29 is 9.53 Å². The van der Waals surface area contributed by atoms with Crippen molar-refractivity contribution in [3.63, 3.8) is 0 Å². The summed E-state index contributed by atoms with van der Waals surface area (Å²) in [6.07, 6.45) is 2.77. The van der Waals surface area contributed by atoms with Crippen LogP contribution in [0.2, 0.25) is 0 Å². The van der Waals surface area contributed by atoms with Crippen LogP contribution in [0.1, 0.15) is 49.4 Å². The number of carbonyl (C=O) groups is 1. The van der Waals surface area contributed by atoms with Crippen molar-refractivity contribution >= 4 is 5.78 Å². The van der Waals surface area contributed by atoms with Crippen LogP contribution in [0, 0.1) is 18.8 Å². The van der Waals surface area contributed by atoms with E-state index in [9.17, 15) is 4.79 Å². The van der Waals surface area contributed by atoms with Crippen LogP contribution in [0.3, 0.4) is 0 Å². The molecule has 2 aliphatic rings. The molecule has 22 heavy (non-hydrogen) atoms. The fourth-order valence-corrected chi connectivity index (χ4v) is 4.10. The van der Waals surface area contributed by atoms with E-state index in [4.69, 9.17) is 4.74 Å². The van der Waals surface area contributed by atoms with Gasteiger partial charge in [0, 0.05) is 31.5 Å². The third kappa shape index (κ3) is 2.79. The molecule has 2 unspecified atom stereocenters. The Morgan fingerprint density at radius 1 is 1.36 bits per heavy atom. The van der Waals surface area contributed by atoms with E-state index in [2.05, 4.69) is 37.8 Å². The third-order valence-corrected chi connectivity index (χ3v) is 5.19. The number of ketones is 1. The molecule has 2 atom stereocenters. The number of carbonyl (C=O) groups excluding carboxylic acids is 1. The highest BCUT2D eigenvalue weighted by atomic mass is 16.5. The van der Waals surface area contributed by atoms with E-state index in [1.54, 1.807) is 7.11 Å². The number of Topliss-reactive ketones (excluding diaryl/α,β-unsaturated/α-hetero) is 1. The second-order valence-electron chi connectivity index (χ2n) is 7.28. The molecule has 0 aliphatic carbocycles. The predicted octanol–water partition coefficient (Wildman–Crippen LogP) is 3.54. The molecule has 0 bridgehead atoms. The summed E-state index contributed by atoms with van der Waals surface area (Å²) in [4.78, 5) is 15.1. The zero-order chi connectivity index (χ0) is 15.9. The molecular weight excluding hydrogens is 274 g/mol. The summed E-state index contributed by atoms with van der Waals surface area (Å²) in [6.45, 7) is 8.51. The first-order valence-corrected chi connectivity index (χ1v) is 8.43. The molecule has 2 aliphatic heterocycles. The van der Waals surface area contributed by atoms with Gasteiger partial charge in [0.1, 0.15) is 11.5 Å². The van der Waals surface area contributed by atoms with Gasteiger partial charge in [-0.2, -0.15) is 0 Å².